The molecule has 0 radical (unpaired) electrons. The van der Waals surface area contributed by atoms with E-state index in [0.717, 1.165) is 12.8 Å². The van der Waals surface area contributed by atoms with Crippen LogP contribution >= 0.6 is 23.2 Å². The molecule has 212 valence electrons. The summed E-state index contributed by atoms with van der Waals surface area (Å²) in [6.45, 7) is 0.806. The summed E-state index contributed by atoms with van der Waals surface area (Å²) in [6.07, 6.45) is 5.73. The lowest BCUT2D eigenvalue weighted by atomic mass is 10.0. The Morgan fingerprint density at radius 2 is 1.77 bits per heavy atom. The topological polar surface area (TPSA) is 96.3 Å². The van der Waals surface area contributed by atoms with Crippen LogP contribution in [0.1, 0.15) is 42.9 Å². The minimum atomic E-state index is -3.88. The summed E-state index contributed by atoms with van der Waals surface area (Å²) in [5, 5.41) is 0.780. The van der Waals surface area contributed by atoms with E-state index < -0.39 is 28.1 Å². The van der Waals surface area contributed by atoms with Crippen molar-refractivity contribution in [3.63, 3.8) is 0 Å². The maximum Gasteiger partial charge on any atom is 0.325 e. The first-order chi connectivity index (χ1) is 19.3. The zero-order valence-electron chi connectivity index (χ0n) is 22.0. The number of sulfonamides is 1. The number of ether oxygens (including phenoxy) is 3. The van der Waals surface area contributed by atoms with Crippen molar-refractivity contribution in [2.75, 3.05) is 20.3 Å². The SMILES string of the molecule is COc1ccc([C@H](Cc2c(Cl)c[nH+]cc2Cl)OC(=O)[C@@H]2CCCN2S(=O)(=O)c2ccccc2)cc1OCC1CC1. The van der Waals surface area contributed by atoms with Crippen molar-refractivity contribution in [3.8, 4) is 11.5 Å². The maximum absolute atomic E-state index is 13.7. The highest BCUT2D eigenvalue weighted by atomic mass is 35.5. The standard InChI is InChI=1S/C29H30Cl2N2O6S/c1-37-26-12-11-20(14-28(26)38-18-19-9-10-19)27(15-22-23(30)16-32-17-24(22)31)39-29(34)25-8-5-13-33(25)40(35,36)21-6-3-2-4-7-21/h2-4,6-7,11-12,14,16-17,19,25,27H,5,8-10,13,15,18H2,1H3/p+1/t25-,27-/m0/s1. The normalized spacial score (nSPS) is 18.3. The van der Waals surface area contributed by atoms with Crippen LogP contribution in [0.15, 0.2) is 65.8 Å². The van der Waals surface area contributed by atoms with Crippen LogP contribution in [0.25, 0.3) is 0 Å². The molecular formula is C29H31Cl2N2O6S+. The molecule has 2 aliphatic rings. The first-order valence-corrected chi connectivity index (χ1v) is 15.4. The number of halogens is 2. The number of benzene rings is 2. The highest BCUT2D eigenvalue weighted by molar-refractivity contribution is 7.89. The van der Waals surface area contributed by atoms with Crippen molar-refractivity contribution in [1.29, 1.82) is 0 Å². The van der Waals surface area contributed by atoms with Crippen molar-refractivity contribution >= 4 is 39.2 Å². The Bertz CT molecular complexity index is 1450. The van der Waals surface area contributed by atoms with Gasteiger partial charge in [0, 0.05) is 18.5 Å². The van der Waals surface area contributed by atoms with Gasteiger partial charge in [-0.25, -0.2) is 13.4 Å². The van der Waals surface area contributed by atoms with Crippen molar-refractivity contribution in [2.24, 2.45) is 5.92 Å². The number of carbonyl (C=O) groups excluding carboxylic acids is 1. The minimum absolute atomic E-state index is 0.137. The fourth-order valence-corrected chi connectivity index (χ4v) is 6.99. The van der Waals surface area contributed by atoms with Crippen molar-refractivity contribution in [1.82, 2.24) is 4.31 Å². The van der Waals surface area contributed by atoms with Crippen LogP contribution in [0.4, 0.5) is 0 Å². The molecule has 2 atom stereocenters. The Morgan fingerprint density at radius 1 is 1.05 bits per heavy atom. The van der Waals surface area contributed by atoms with Gasteiger partial charge in [-0.2, -0.15) is 4.31 Å². The van der Waals surface area contributed by atoms with Gasteiger partial charge in [-0.3, -0.25) is 4.79 Å². The molecule has 40 heavy (non-hydrogen) atoms. The van der Waals surface area contributed by atoms with Crippen LogP contribution in [0, 0.1) is 5.92 Å². The Hall–Kier alpha value is -2.85. The maximum atomic E-state index is 13.7. The largest absolute Gasteiger partial charge is 0.493 e. The Labute approximate surface area is 244 Å². The summed E-state index contributed by atoms with van der Waals surface area (Å²) in [5.41, 5.74) is 1.24. The number of aromatic amines is 1. The van der Waals surface area contributed by atoms with Crippen LogP contribution < -0.4 is 14.5 Å². The van der Waals surface area contributed by atoms with E-state index in [1.54, 1.807) is 55.9 Å². The van der Waals surface area contributed by atoms with E-state index >= 15 is 0 Å². The minimum Gasteiger partial charge on any atom is -0.493 e. The average Bonchev–Trinajstić information content (AvgIpc) is 3.65. The van der Waals surface area contributed by atoms with E-state index in [2.05, 4.69) is 4.98 Å². The summed E-state index contributed by atoms with van der Waals surface area (Å²) < 4.78 is 45.6. The molecule has 2 aromatic carbocycles. The summed E-state index contributed by atoms with van der Waals surface area (Å²) in [5.74, 6) is 1.00. The molecule has 11 heteroatoms. The number of rotatable bonds is 11. The number of hydrogen-bond donors (Lipinski definition) is 0. The number of carbonyl (C=O) groups is 1. The molecule has 1 saturated carbocycles. The second-order valence-corrected chi connectivity index (χ2v) is 12.7. The van der Waals surface area contributed by atoms with Gasteiger partial charge in [-0.05, 0) is 61.4 Å². The second kappa shape index (κ2) is 12.3. The van der Waals surface area contributed by atoms with Crippen LogP contribution in [0.5, 0.6) is 11.5 Å². The fourth-order valence-electron chi connectivity index (χ4n) is 4.79. The summed E-state index contributed by atoms with van der Waals surface area (Å²) in [7, 11) is -2.31. The van der Waals surface area contributed by atoms with E-state index in [1.807, 2.05) is 0 Å². The summed E-state index contributed by atoms with van der Waals surface area (Å²) in [6, 6.07) is 12.5. The fraction of sp³-hybridized carbons (Fsp3) is 0.379. The third kappa shape index (κ3) is 6.38. The van der Waals surface area contributed by atoms with Crippen LogP contribution in [-0.4, -0.2) is 45.0 Å². The lowest BCUT2D eigenvalue weighted by Crippen LogP contribution is -2.41. The van der Waals surface area contributed by atoms with E-state index in [-0.39, 0.29) is 17.9 Å². The summed E-state index contributed by atoms with van der Waals surface area (Å²) in [4.78, 5) is 16.7. The molecule has 1 aromatic heterocycles. The highest BCUT2D eigenvalue weighted by Crippen LogP contribution is 2.38. The van der Waals surface area contributed by atoms with E-state index in [4.69, 9.17) is 37.4 Å². The van der Waals surface area contributed by atoms with E-state index in [0.29, 0.717) is 58.0 Å². The smallest absolute Gasteiger partial charge is 0.325 e. The molecule has 1 aliphatic heterocycles. The molecule has 0 bridgehead atoms. The molecule has 0 unspecified atom stereocenters. The lowest BCUT2D eigenvalue weighted by Gasteiger charge is -2.26. The van der Waals surface area contributed by atoms with Crippen LogP contribution in [0.2, 0.25) is 10.0 Å². The molecule has 1 saturated heterocycles. The second-order valence-electron chi connectivity index (χ2n) is 10.0. The molecule has 0 spiro atoms. The molecule has 1 N–H and O–H groups in total. The molecular weight excluding hydrogens is 575 g/mol. The zero-order chi connectivity index (χ0) is 28.3. The molecule has 0 amide bonds. The van der Waals surface area contributed by atoms with Crippen molar-refractivity contribution in [2.45, 2.75) is 49.1 Å². The number of nitrogens with zero attached hydrogens (tertiary/aromatic N) is 1. The molecule has 5 rings (SSSR count). The number of methoxy groups -OCH3 is 1. The third-order valence-electron chi connectivity index (χ3n) is 7.20. The van der Waals surface area contributed by atoms with Gasteiger partial charge >= 0.3 is 5.97 Å². The Kier molecular flexibility index (Phi) is 8.85. The number of hydrogen-bond acceptors (Lipinski definition) is 6. The van der Waals surface area contributed by atoms with Gasteiger partial charge < -0.3 is 14.2 Å². The average molecular weight is 607 g/mol. The van der Waals surface area contributed by atoms with Gasteiger partial charge in [0.1, 0.15) is 22.2 Å². The number of pyridine rings is 1. The molecule has 1 aliphatic carbocycles. The molecule has 2 fully saturated rings. The van der Waals surface area contributed by atoms with Gasteiger partial charge in [-0.1, -0.05) is 47.5 Å². The predicted molar refractivity (Wildman–Crippen MR) is 150 cm³/mol. The predicted octanol–water partition coefficient (Wildman–Crippen LogP) is 5.29. The highest BCUT2D eigenvalue weighted by Gasteiger charge is 2.41. The van der Waals surface area contributed by atoms with Gasteiger partial charge in [-0.15, -0.1) is 0 Å². The first-order valence-electron chi connectivity index (χ1n) is 13.2. The van der Waals surface area contributed by atoms with Gasteiger partial charge in [0.2, 0.25) is 10.0 Å². The number of nitrogens with one attached hydrogen (secondary N) is 1. The van der Waals surface area contributed by atoms with Crippen molar-refractivity contribution < 1.29 is 32.4 Å². The van der Waals surface area contributed by atoms with E-state index in [1.165, 1.54) is 16.4 Å². The Balaban J connectivity index is 1.45. The summed E-state index contributed by atoms with van der Waals surface area (Å²) >= 11 is 12.9. The number of H-pyrrole nitrogens is 1. The third-order valence-corrected chi connectivity index (χ3v) is 9.80. The van der Waals surface area contributed by atoms with Gasteiger partial charge in [0.15, 0.2) is 23.9 Å². The lowest BCUT2D eigenvalue weighted by molar-refractivity contribution is -0.377. The molecule has 3 aromatic rings. The molecule has 2 heterocycles. The quantitative estimate of drug-likeness (QED) is 0.276. The zero-order valence-corrected chi connectivity index (χ0v) is 24.3. The van der Waals surface area contributed by atoms with Crippen LogP contribution in [0.3, 0.4) is 0 Å². The van der Waals surface area contributed by atoms with E-state index in [9.17, 15) is 13.2 Å². The Morgan fingerprint density at radius 3 is 2.45 bits per heavy atom. The first kappa shape index (κ1) is 28.7. The van der Waals surface area contributed by atoms with Gasteiger partial charge in [0.25, 0.3) is 0 Å². The monoisotopic (exact) mass is 605 g/mol. The molecule has 8 nitrogen and oxygen atoms in total. The van der Waals surface area contributed by atoms with Gasteiger partial charge in [0.05, 0.1) is 18.6 Å². The number of esters is 1. The van der Waals surface area contributed by atoms with Crippen molar-refractivity contribution in [3.05, 3.63) is 82.1 Å². The number of aromatic nitrogens is 1. The van der Waals surface area contributed by atoms with Crippen LogP contribution in [-0.2, 0) is 26.0 Å².